The predicted octanol–water partition coefficient (Wildman–Crippen LogP) is 29.6. The largest absolute Gasteiger partial charge is 0.510 e. The maximum atomic E-state index is 13.4. The van der Waals surface area contributed by atoms with E-state index < -0.39 is 23.8 Å². The molecule has 0 bridgehead atoms. The zero-order chi connectivity index (χ0) is 77.5. The second-order valence-corrected chi connectivity index (χ2v) is 30.9. The number of unbranched alkanes of at least 4 members (excludes halogenated alkanes) is 40. The Hall–Kier alpha value is -6.96. The molecule has 2 amide bonds. The van der Waals surface area contributed by atoms with E-state index in [9.17, 15) is 29.4 Å². The molecule has 0 heterocycles. The van der Waals surface area contributed by atoms with Crippen LogP contribution in [0.5, 0.6) is 0 Å². The molecule has 0 saturated carbocycles. The van der Waals surface area contributed by atoms with Gasteiger partial charge in [-0.05, 0) is 124 Å². The molecule has 0 fully saturated rings. The lowest BCUT2D eigenvalue weighted by atomic mass is 9.78. The second kappa shape index (κ2) is 62.8. The average Bonchev–Trinajstić information content (AvgIpc) is 0.855. The third-order valence-corrected chi connectivity index (χ3v) is 21.4. The lowest BCUT2D eigenvalue weighted by Gasteiger charge is -2.28. The van der Waals surface area contributed by atoms with Crippen LogP contribution >= 0.6 is 0 Å². The van der Waals surface area contributed by atoms with E-state index >= 15 is 0 Å². The van der Waals surface area contributed by atoms with Crippen molar-refractivity contribution in [2.24, 2.45) is 32.3 Å². The molecule has 0 saturated heterocycles. The van der Waals surface area contributed by atoms with Gasteiger partial charge in [-0.1, -0.05) is 372 Å². The predicted molar refractivity (Wildman–Crippen MR) is 451 cm³/mol. The number of carbonyl (C=O) groups excluding carboxylic acids is 4. The number of hydrogen-bond acceptors (Lipinski definition) is 12. The smallest absolute Gasteiger partial charge is 0.340 e. The molecule has 14 nitrogen and oxygen atoms in total. The first-order valence-electron chi connectivity index (χ1n) is 43.8. The number of azo groups is 2. The van der Waals surface area contributed by atoms with Gasteiger partial charge in [-0.3, -0.25) is 9.59 Å². The van der Waals surface area contributed by atoms with Gasteiger partial charge in [-0.15, -0.1) is 20.5 Å². The van der Waals surface area contributed by atoms with E-state index in [4.69, 9.17) is 9.47 Å². The zero-order valence-corrected chi connectivity index (χ0v) is 68.7. The van der Waals surface area contributed by atoms with Crippen molar-refractivity contribution < 1.29 is 38.9 Å². The summed E-state index contributed by atoms with van der Waals surface area (Å²) in [5.41, 5.74) is 4.18. The van der Waals surface area contributed by atoms with Crippen molar-refractivity contribution in [3.63, 3.8) is 0 Å². The number of nitrogens with zero attached hydrogens (tertiary/aromatic N) is 4. The van der Waals surface area contributed by atoms with Crippen LogP contribution in [0.1, 0.15) is 394 Å². The van der Waals surface area contributed by atoms with Crippen molar-refractivity contribution >= 4 is 46.5 Å². The monoisotopic (exact) mass is 1490 g/mol. The van der Waals surface area contributed by atoms with Gasteiger partial charge in [-0.25, -0.2) is 9.59 Å². The van der Waals surface area contributed by atoms with E-state index in [1.807, 2.05) is 48.5 Å². The third kappa shape index (κ3) is 44.0. The number of anilines is 2. The molecule has 108 heavy (non-hydrogen) atoms. The van der Waals surface area contributed by atoms with Crippen molar-refractivity contribution in [1.29, 1.82) is 0 Å². The molecular formula is C94H148N6O8. The minimum atomic E-state index is -0.594. The Bertz CT molecular complexity index is 2910. The van der Waals surface area contributed by atoms with E-state index in [-0.39, 0.29) is 45.4 Å². The molecular weight excluding hydrogens is 1340 g/mol. The van der Waals surface area contributed by atoms with E-state index in [1.54, 1.807) is 48.5 Å². The maximum Gasteiger partial charge on any atom is 0.340 e. The summed E-state index contributed by atoms with van der Waals surface area (Å²) >= 11 is 0. The summed E-state index contributed by atoms with van der Waals surface area (Å²) in [4.78, 5) is 53.6. The summed E-state index contributed by atoms with van der Waals surface area (Å²) in [7, 11) is 0. The van der Waals surface area contributed by atoms with Crippen LogP contribution in [-0.2, 0) is 31.9 Å². The number of nitrogens with one attached hydrogen (secondary N) is 2. The molecule has 602 valence electrons. The molecule has 0 aliphatic carbocycles. The van der Waals surface area contributed by atoms with Crippen LogP contribution in [0.15, 0.2) is 140 Å². The normalized spacial score (nSPS) is 12.7. The number of esters is 2. The van der Waals surface area contributed by atoms with Gasteiger partial charge in [0.15, 0.2) is 11.4 Å². The SMILES string of the molecule is CCCCCCCCCCCCc1ccc(NC(=O)/C(N=Nc2ccccc2C(=O)OCCCCCCCCC(CCCCCCCCC)C(CCCCCCCCC)CCCCCCCCOC(=O)c2ccccc2N=N/C(C(=O)Nc2ccc(CCCCCCCCCCCC)cc2)=C(\C)O)=C(/C)O)cc1. The van der Waals surface area contributed by atoms with Crippen LogP contribution in [0.4, 0.5) is 22.7 Å². The highest BCUT2D eigenvalue weighted by atomic mass is 16.5. The van der Waals surface area contributed by atoms with Gasteiger partial charge in [0.1, 0.15) is 22.9 Å². The number of allylic oxidation sites excluding steroid dienone is 2. The van der Waals surface area contributed by atoms with Crippen molar-refractivity contribution in [3.8, 4) is 0 Å². The van der Waals surface area contributed by atoms with Crippen LogP contribution in [0.3, 0.4) is 0 Å². The van der Waals surface area contributed by atoms with Crippen LogP contribution in [0.2, 0.25) is 0 Å². The number of ether oxygens (including phenoxy) is 2. The second-order valence-electron chi connectivity index (χ2n) is 30.9. The summed E-state index contributed by atoms with van der Waals surface area (Å²) in [6.07, 6.45) is 64.9. The molecule has 14 heteroatoms. The highest BCUT2D eigenvalue weighted by Crippen LogP contribution is 2.35. The van der Waals surface area contributed by atoms with E-state index in [0.29, 0.717) is 24.6 Å². The van der Waals surface area contributed by atoms with Crippen molar-refractivity contribution in [2.75, 3.05) is 23.8 Å². The first kappa shape index (κ1) is 93.4. The van der Waals surface area contributed by atoms with Gasteiger partial charge in [0.25, 0.3) is 11.8 Å². The molecule has 4 rings (SSSR count). The maximum absolute atomic E-state index is 13.4. The van der Waals surface area contributed by atoms with E-state index in [0.717, 1.165) is 76.0 Å². The fourth-order valence-electron chi connectivity index (χ4n) is 14.6. The molecule has 0 aliphatic heterocycles. The van der Waals surface area contributed by atoms with E-state index in [1.165, 1.54) is 295 Å². The molecule has 0 aliphatic rings. The van der Waals surface area contributed by atoms with Gasteiger partial charge in [-0.2, -0.15) is 0 Å². The molecule has 2 unspecified atom stereocenters. The van der Waals surface area contributed by atoms with Crippen LogP contribution < -0.4 is 10.6 Å². The van der Waals surface area contributed by atoms with Crippen LogP contribution in [-0.4, -0.2) is 47.2 Å². The lowest BCUT2D eigenvalue weighted by Crippen LogP contribution is -2.16. The number of aliphatic hydroxyl groups is 2. The Balaban J connectivity index is 1.19. The van der Waals surface area contributed by atoms with Crippen LogP contribution in [0, 0.1) is 11.8 Å². The number of carbonyl (C=O) groups is 4. The van der Waals surface area contributed by atoms with Crippen molar-refractivity contribution in [1.82, 2.24) is 0 Å². The molecule has 2 atom stereocenters. The first-order chi connectivity index (χ1) is 52.9. The Labute approximate surface area is 655 Å². The Morgan fingerprint density at radius 3 is 0.852 bits per heavy atom. The van der Waals surface area contributed by atoms with Gasteiger partial charge >= 0.3 is 11.9 Å². The molecule has 0 spiro atoms. The van der Waals surface area contributed by atoms with Crippen LogP contribution in [0.25, 0.3) is 0 Å². The third-order valence-electron chi connectivity index (χ3n) is 21.4. The minimum Gasteiger partial charge on any atom is -0.510 e. The highest BCUT2D eigenvalue weighted by molar-refractivity contribution is 6.04. The highest BCUT2D eigenvalue weighted by Gasteiger charge is 2.23. The van der Waals surface area contributed by atoms with Gasteiger partial charge in [0, 0.05) is 11.4 Å². The Morgan fingerprint density at radius 2 is 0.574 bits per heavy atom. The van der Waals surface area contributed by atoms with Gasteiger partial charge in [0.2, 0.25) is 0 Å². The summed E-state index contributed by atoms with van der Waals surface area (Å²) in [5.74, 6) is -1.22. The summed E-state index contributed by atoms with van der Waals surface area (Å²) in [5, 5.41) is 43.5. The topological polar surface area (TPSA) is 201 Å². The van der Waals surface area contributed by atoms with Gasteiger partial charge in [0.05, 0.1) is 24.3 Å². The summed E-state index contributed by atoms with van der Waals surface area (Å²) < 4.78 is 11.5. The number of aliphatic hydroxyl groups excluding tert-OH is 2. The average molecular weight is 1490 g/mol. The molecule has 0 aromatic heterocycles. The summed E-state index contributed by atoms with van der Waals surface area (Å²) in [6.45, 7) is 12.5. The molecule has 4 aromatic rings. The number of hydrogen-bond donors (Lipinski definition) is 4. The fraction of sp³-hybridized carbons (Fsp3) is 0.660. The Morgan fingerprint density at radius 1 is 0.324 bits per heavy atom. The first-order valence-corrected chi connectivity index (χ1v) is 43.8. The fourth-order valence-corrected chi connectivity index (χ4v) is 14.6. The zero-order valence-electron chi connectivity index (χ0n) is 68.7. The lowest BCUT2D eigenvalue weighted by molar-refractivity contribution is -0.113. The van der Waals surface area contributed by atoms with Crippen molar-refractivity contribution in [3.05, 3.63) is 142 Å². The standard InChI is InChI=1S/C94H148N6O8/c1-7-11-15-19-23-25-27-31-37-45-57-79-67-71-83(72-68-79)95-91(103)89(77(5)101)99-97-87-65-53-51-63-85(87)93(105)107-75-55-43-35-33-41-49-61-81(59-47-39-29-21-17-13-9-3)82(60-48-40-30-22-18-14-10-4)62-50-42-34-36-44-56-76-108-94(106)86-64-52-54-66-88(86)98-100-90(78(6)102)92(104)96-84-73-69-80(70-74-84)58-46-38-32-28-26-24-20-16-12-8-2/h51-54,63-74,81-82,101-102H,7-50,55-62,75-76H2,1-6H3,(H,95,103)(H,96,104)/b89-77+,90-78+,99-97?,100-98?. The quantitative estimate of drug-likeness (QED) is 0.0110. The van der Waals surface area contributed by atoms with Crippen molar-refractivity contribution in [2.45, 2.75) is 375 Å². The minimum absolute atomic E-state index is 0.238. The number of aryl methyl sites for hydroxylation is 2. The molecule has 0 radical (unpaired) electrons. The summed E-state index contributed by atoms with van der Waals surface area (Å²) in [6, 6.07) is 29.2. The molecule has 4 N–H and O–H groups in total. The van der Waals surface area contributed by atoms with E-state index in [2.05, 4.69) is 58.8 Å². The molecule has 4 aromatic carbocycles. The number of amides is 2. The van der Waals surface area contributed by atoms with Gasteiger partial charge < -0.3 is 30.3 Å². The Kier molecular flexibility index (Phi) is 54.3. The number of rotatable bonds is 67. The number of benzene rings is 4.